The number of hydrogen-bond acceptors (Lipinski definition) is 6. The van der Waals surface area contributed by atoms with Crippen molar-refractivity contribution < 1.29 is 19.1 Å². The maximum Gasteiger partial charge on any atom is 0.328 e. The minimum absolute atomic E-state index is 0.319. The number of ether oxygens (including phenoxy) is 2. The molecule has 2 atom stereocenters. The second kappa shape index (κ2) is 16.5. The van der Waals surface area contributed by atoms with E-state index in [-0.39, 0.29) is 11.9 Å². The predicted molar refractivity (Wildman–Crippen MR) is 133 cm³/mol. The first-order chi connectivity index (χ1) is 15.3. The SMILES string of the molecule is CCCCOC(=O)C(C)(N(CCC)CCC)C(C)(C(=O)OCCCC)N(CCC)CCC. The van der Waals surface area contributed by atoms with Gasteiger partial charge in [-0.25, -0.2) is 9.59 Å². The molecule has 0 aromatic heterocycles. The van der Waals surface area contributed by atoms with E-state index in [2.05, 4.69) is 51.3 Å². The van der Waals surface area contributed by atoms with Crippen LogP contribution in [0.2, 0.25) is 0 Å². The summed E-state index contributed by atoms with van der Waals surface area (Å²) in [5, 5.41) is 0. The molecule has 0 aromatic carbocycles. The average Bonchev–Trinajstić information content (AvgIpc) is 2.77. The summed E-state index contributed by atoms with van der Waals surface area (Å²) in [5.74, 6) is -0.639. The number of rotatable bonds is 19. The van der Waals surface area contributed by atoms with E-state index in [9.17, 15) is 9.59 Å². The van der Waals surface area contributed by atoms with E-state index in [1.54, 1.807) is 0 Å². The summed E-state index contributed by atoms with van der Waals surface area (Å²) in [6, 6.07) is 0. The van der Waals surface area contributed by atoms with Gasteiger partial charge in [0.2, 0.25) is 0 Å². The van der Waals surface area contributed by atoms with Crippen LogP contribution in [-0.4, -0.2) is 72.2 Å². The smallest absolute Gasteiger partial charge is 0.328 e. The van der Waals surface area contributed by atoms with Crippen LogP contribution in [0.4, 0.5) is 0 Å². The lowest BCUT2D eigenvalue weighted by Crippen LogP contribution is -2.75. The quantitative estimate of drug-likeness (QED) is 0.191. The van der Waals surface area contributed by atoms with Gasteiger partial charge in [-0.3, -0.25) is 9.80 Å². The van der Waals surface area contributed by atoms with Crippen LogP contribution < -0.4 is 0 Å². The summed E-state index contributed by atoms with van der Waals surface area (Å²) in [6.45, 7) is 20.0. The summed E-state index contributed by atoms with van der Waals surface area (Å²) in [6.07, 6.45) is 7.09. The Balaban J connectivity index is 6.66. The highest BCUT2D eigenvalue weighted by Gasteiger charge is 2.62. The maximum atomic E-state index is 13.8. The fraction of sp³-hybridized carbons (Fsp3) is 0.923. The van der Waals surface area contributed by atoms with E-state index in [0.29, 0.717) is 13.2 Å². The van der Waals surface area contributed by atoms with Gasteiger partial charge in [-0.2, -0.15) is 0 Å². The Morgan fingerprint density at radius 1 is 0.562 bits per heavy atom. The number of nitrogens with zero attached hydrogens (tertiary/aromatic N) is 2. The topological polar surface area (TPSA) is 59.1 Å². The molecule has 0 saturated carbocycles. The summed E-state index contributed by atoms with van der Waals surface area (Å²) in [7, 11) is 0. The monoisotopic (exact) mass is 456 g/mol. The van der Waals surface area contributed by atoms with Crippen molar-refractivity contribution >= 4 is 11.9 Å². The molecule has 0 aromatic rings. The van der Waals surface area contributed by atoms with Crippen LogP contribution in [0.15, 0.2) is 0 Å². The van der Waals surface area contributed by atoms with E-state index in [1.165, 1.54) is 0 Å². The van der Waals surface area contributed by atoms with Gasteiger partial charge in [0, 0.05) is 0 Å². The Bertz CT molecular complexity index is 470. The molecule has 0 heterocycles. The van der Waals surface area contributed by atoms with Gasteiger partial charge in [0.25, 0.3) is 0 Å². The lowest BCUT2D eigenvalue weighted by Gasteiger charge is -2.53. The molecule has 6 nitrogen and oxygen atoms in total. The van der Waals surface area contributed by atoms with Crippen molar-refractivity contribution in [1.29, 1.82) is 0 Å². The van der Waals surface area contributed by atoms with E-state index < -0.39 is 11.1 Å². The maximum absolute atomic E-state index is 13.8. The second-order valence-corrected chi connectivity index (χ2v) is 9.10. The molecule has 190 valence electrons. The third-order valence-electron chi connectivity index (χ3n) is 6.44. The molecular weight excluding hydrogens is 404 g/mol. The van der Waals surface area contributed by atoms with Crippen LogP contribution >= 0.6 is 0 Å². The van der Waals surface area contributed by atoms with Crippen molar-refractivity contribution in [3.63, 3.8) is 0 Å². The molecule has 0 radical (unpaired) electrons. The predicted octanol–water partition coefficient (Wildman–Crippen LogP) is 5.43. The molecule has 0 rings (SSSR count). The molecular formula is C26H52N2O4. The molecule has 2 unspecified atom stereocenters. The van der Waals surface area contributed by atoms with Crippen molar-refractivity contribution in [1.82, 2.24) is 9.80 Å². The summed E-state index contributed by atoms with van der Waals surface area (Å²) in [4.78, 5) is 32.0. The summed E-state index contributed by atoms with van der Waals surface area (Å²) >= 11 is 0. The number of unbranched alkanes of at least 4 members (excludes halogenated alkanes) is 2. The van der Waals surface area contributed by atoms with E-state index in [0.717, 1.165) is 77.5 Å². The van der Waals surface area contributed by atoms with Crippen LogP contribution in [-0.2, 0) is 19.1 Å². The zero-order valence-electron chi connectivity index (χ0n) is 22.4. The second-order valence-electron chi connectivity index (χ2n) is 9.10. The van der Waals surface area contributed by atoms with Crippen LogP contribution in [0.5, 0.6) is 0 Å². The molecule has 0 fully saturated rings. The van der Waals surface area contributed by atoms with Gasteiger partial charge in [0.05, 0.1) is 13.2 Å². The molecule has 0 aliphatic carbocycles. The Kier molecular flexibility index (Phi) is 15.9. The minimum Gasteiger partial charge on any atom is -0.464 e. The molecule has 0 amide bonds. The molecule has 0 N–H and O–H groups in total. The summed E-state index contributed by atoms with van der Waals surface area (Å²) in [5.41, 5.74) is -2.30. The lowest BCUT2D eigenvalue weighted by molar-refractivity contribution is -0.187. The highest BCUT2D eigenvalue weighted by atomic mass is 16.5. The van der Waals surface area contributed by atoms with Gasteiger partial charge >= 0.3 is 11.9 Å². The van der Waals surface area contributed by atoms with Gasteiger partial charge in [-0.1, -0.05) is 54.4 Å². The van der Waals surface area contributed by atoms with Crippen molar-refractivity contribution in [2.24, 2.45) is 0 Å². The zero-order valence-corrected chi connectivity index (χ0v) is 22.4. The lowest BCUT2D eigenvalue weighted by atomic mass is 9.75. The van der Waals surface area contributed by atoms with Crippen LogP contribution in [0, 0.1) is 0 Å². The average molecular weight is 457 g/mol. The van der Waals surface area contributed by atoms with E-state index in [4.69, 9.17) is 9.47 Å². The fourth-order valence-electron chi connectivity index (χ4n) is 4.37. The Morgan fingerprint density at radius 3 is 1.06 bits per heavy atom. The molecule has 32 heavy (non-hydrogen) atoms. The Labute approximate surface area is 198 Å². The van der Waals surface area contributed by atoms with Gasteiger partial charge in [0.15, 0.2) is 0 Å². The normalized spacial score (nSPS) is 15.4. The first-order valence-electron chi connectivity index (χ1n) is 13.1. The van der Waals surface area contributed by atoms with E-state index >= 15 is 0 Å². The van der Waals surface area contributed by atoms with Crippen molar-refractivity contribution in [2.45, 2.75) is 118 Å². The molecule has 6 heteroatoms. The first-order valence-corrected chi connectivity index (χ1v) is 13.1. The minimum atomic E-state index is -1.15. The first kappa shape index (κ1) is 30.9. The van der Waals surface area contributed by atoms with Gasteiger partial charge in [0.1, 0.15) is 11.1 Å². The number of hydrogen-bond donors (Lipinski definition) is 0. The van der Waals surface area contributed by atoms with Crippen molar-refractivity contribution in [2.75, 3.05) is 39.4 Å². The number of carbonyl (C=O) groups is 2. The highest BCUT2D eigenvalue weighted by Crippen LogP contribution is 2.38. The molecule has 0 aliphatic heterocycles. The molecule has 0 saturated heterocycles. The zero-order chi connectivity index (χ0) is 24.6. The molecule has 0 spiro atoms. The van der Waals surface area contributed by atoms with Gasteiger partial charge < -0.3 is 9.47 Å². The van der Waals surface area contributed by atoms with Crippen LogP contribution in [0.3, 0.4) is 0 Å². The third kappa shape index (κ3) is 7.72. The number of esters is 2. The number of carbonyl (C=O) groups excluding carboxylic acids is 2. The molecule has 0 bridgehead atoms. The van der Waals surface area contributed by atoms with E-state index in [1.807, 2.05) is 13.8 Å². The largest absolute Gasteiger partial charge is 0.464 e. The molecule has 0 aliphatic rings. The Morgan fingerprint density at radius 2 is 0.844 bits per heavy atom. The standard InChI is InChI=1S/C26H52N2O4/c1-9-15-21-31-23(29)25(7,27(17-11-3)18-12-4)26(8,24(30)32-22-16-10-2)28(19-13-5)20-14-6/h9-22H2,1-8H3. The Hall–Kier alpha value is -1.14. The van der Waals surface area contributed by atoms with Crippen molar-refractivity contribution in [3.8, 4) is 0 Å². The summed E-state index contributed by atoms with van der Waals surface area (Å²) < 4.78 is 11.7. The van der Waals surface area contributed by atoms with Crippen LogP contribution in [0.25, 0.3) is 0 Å². The van der Waals surface area contributed by atoms with Gasteiger partial charge in [-0.15, -0.1) is 0 Å². The third-order valence-corrected chi connectivity index (χ3v) is 6.44. The van der Waals surface area contributed by atoms with Gasteiger partial charge in [-0.05, 0) is 78.6 Å². The highest BCUT2D eigenvalue weighted by molar-refractivity contribution is 5.94. The fourth-order valence-corrected chi connectivity index (χ4v) is 4.37. The van der Waals surface area contributed by atoms with Crippen LogP contribution in [0.1, 0.15) is 107 Å². The van der Waals surface area contributed by atoms with Crippen molar-refractivity contribution in [3.05, 3.63) is 0 Å².